The predicted octanol–water partition coefficient (Wildman–Crippen LogP) is 1.42. The standard InChI is InChI=1S/C8H10N2/c1-2-3-4-8-5-6-9-10-7-8/h5H,2-4H2,1H3. The molecule has 0 aliphatic heterocycles. The molecule has 0 fully saturated rings. The summed E-state index contributed by atoms with van der Waals surface area (Å²) in [6, 6.07) is 1.84. The zero-order valence-electron chi connectivity index (χ0n) is 6.09. The molecule has 1 aromatic rings. The van der Waals surface area contributed by atoms with E-state index in [1.54, 1.807) is 0 Å². The monoisotopic (exact) mass is 134 g/mol. The molecule has 1 aromatic heterocycles. The Labute approximate surface area is 61.3 Å². The summed E-state index contributed by atoms with van der Waals surface area (Å²) in [6.07, 6.45) is 8.93. The van der Waals surface area contributed by atoms with Crippen molar-refractivity contribution in [1.29, 1.82) is 0 Å². The summed E-state index contributed by atoms with van der Waals surface area (Å²) in [5.74, 6) is 0. The van der Waals surface area contributed by atoms with E-state index in [2.05, 4.69) is 29.5 Å². The van der Waals surface area contributed by atoms with Crippen molar-refractivity contribution in [2.45, 2.75) is 26.2 Å². The number of nitrogens with zero attached hydrogens (tertiary/aromatic N) is 2. The van der Waals surface area contributed by atoms with Gasteiger partial charge in [-0.15, -0.1) is 10.2 Å². The first-order chi connectivity index (χ1) is 4.93. The van der Waals surface area contributed by atoms with Crippen LogP contribution in [0.4, 0.5) is 0 Å². The molecule has 0 aromatic carbocycles. The number of unbranched alkanes of at least 4 members (excludes halogenated alkanes) is 1. The molecule has 0 aliphatic carbocycles. The summed E-state index contributed by atoms with van der Waals surface area (Å²) in [7, 11) is 0. The second kappa shape index (κ2) is 3.99. The molecule has 0 unspecified atom stereocenters. The fourth-order valence-electron chi connectivity index (χ4n) is 0.752. The minimum atomic E-state index is 1.04. The van der Waals surface area contributed by atoms with E-state index in [0.29, 0.717) is 0 Å². The third kappa shape index (κ3) is 2.13. The summed E-state index contributed by atoms with van der Waals surface area (Å²) < 4.78 is 0. The first kappa shape index (κ1) is 7.19. The van der Waals surface area contributed by atoms with Crippen molar-refractivity contribution < 1.29 is 0 Å². The molecular weight excluding hydrogens is 124 g/mol. The first-order valence-electron chi connectivity index (χ1n) is 3.54. The fraction of sp³-hybridized carbons (Fsp3) is 0.500. The molecule has 0 aliphatic rings. The van der Waals surface area contributed by atoms with Crippen LogP contribution in [0.25, 0.3) is 0 Å². The zero-order valence-corrected chi connectivity index (χ0v) is 6.09. The highest BCUT2D eigenvalue weighted by Gasteiger charge is 1.90. The van der Waals surface area contributed by atoms with Crippen LogP contribution in [0.3, 0.4) is 0 Å². The van der Waals surface area contributed by atoms with Crippen molar-refractivity contribution in [3.8, 4) is 0 Å². The highest BCUT2D eigenvalue weighted by molar-refractivity contribution is 5.02. The summed E-state index contributed by atoms with van der Waals surface area (Å²) in [6.45, 7) is 2.17. The van der Waals surface area contributed by atoms with Crippen molar-refractivity contribution in [2.75, 3.05) is 0 Å². The molecule has 2 radical (unpaired) electrons. The van der Waals surface area contributed by atoms with Crippen LogP contribution in [0, 0.1) is 12.4 Å². The molecule has 0 N–H and O–H groups in total. The van der Waals surface area contributed by atoms with Crippen LogP contribution in [0.1, 0.15) is 25.3 Å². The molecule has 52 valence electrons. The lowest BCUT2D eigenvalue weighted by molar-refractivity contribution is 0.784. The minimum Gasteiger partial charge on any atom is -0.148 e. The third-order valence-corrected chi connectivity index (χ3v) is 1.34. The van der Waals surface area contributed by atoms with E-state index in [9.17, 15) is 0 Å². The van der Waals surface area contributed by atoms with Gasteiger partial charge in [0.1, 0.15) is 12.4 Å². The van der Waals surface area contributed by atoms with Crippen LogP contribution in [0.5, 0.6) is 0 Å². The molecule has 1 rings (SSSR count). The predicted molar refractivity (Wildman–Crippen MR) is 38.3 cm³/mol. The average Bonchev–Trinajstić information content (AvgIpc) is 2.03. The van der Waals surface area contributed by atoms with Gasteiger partial charge in [0.2, 0.25) is 0 Å². The maximum absolute atomic E-state index is 3.61. The normalized spacial score (nSPS) is 9.70. The number of rotatable bonds is 3. The van der Waals surface area contributed by atoms with Crippen molar-refractivity contribution in [3.05, 3.63) is 24.0 Å². The first-order valence-corrected chi connectivity index (χ1v) is 3.54. The SMILES string of the molecule is CCCCc1[c]nn[c]c1. The van der Waals surface area contributed by atoms with Gasteiger partial charge < -0.3 is 0 Å². The van der Waals surface area contributed by atoms with Crippen LogP contribution in [0.15, 0.2) is 6.07 Å². The van der Waals surface area contributed by atoms with Crippen LogP contribution in [-0.4, -0.2) is 10.2 Å². The molecule has 0 amide bonds. The lowest BCUT2D eigenvalue weighted by atomic mass is 10.1. The fourth-order valence-corrected chi connectivity index (χ4v) is 0.752. The second-order valence-electron chi connectivity index (χ2n) is 2.21. The van der Waals surface area contributed by atoms with Gasteiger partial charge in [0.05, 0.1) is 0 Å². The van der Waals surface area contributed by atoms with E-state index in [1.165, 1.54) is 12.8 Å². The lowest BCUT2D eigenvalue weighted by Gasteiger charge is -1.93. The molecule has 0 atom stereocenters. The summed E-state index contributed by atoms with van der Waals surface area (Å²) in [5.41, 5.74) is 1.11. The second-order valence-corrected chi connectivity index (χ2v) is 2.21. The summed E-state index contributed by atoms with van der Waals surface area (Å²) >= 11 is 0. The summed E-state index contributed by atoms with van der Waals surface area (Å²) in [4.78, 5) is 0. The van der Waals surface area contributed by atoms with Crippen LogP contribution >= 0.6 is 0 Å². The topological polar surface area (TPSA) is 25.8 Å². The Morgan fingerprint density at radius 2 is 2.40 bits per heavy atom. The Balaban J connectivity index is 2.43. The van der Waals surface area contributed by atoms with E-state index in [4.69, 9.17) is 0 Å². The quantitative estimate of drug-likeness (QED) is 0.624. The van der Waals surface area contributed by atoms with Crippen molar-refractivity contribution in [2.24, 2.45) is 0 Å². The van der Waals surface area contributed by atoms with Gasteiger partial charge in [-0.25, -0.2) is 0 Å². The Bertz CT molecular complexity index is 172. The van der Waals surface area contributed by atoms with Crippen LogP contribution < -0.4 is 0 Å². The van der Waals surface area contributed by atoms with Gasteiger partial charge >= 0.3 is 0 Å². The van der Waals surface area contributed by atoms with Gasteiger partial charge in [0.25, 0.3) is 0 Å². The molecule has 2 heteroatoms. The van der Waals surface area contributed by atoms with Crippen molar-refractivity contribution in [3.63, 3.8) is 0 Å². The number of hydrogen-bond donors (Lipinski definition) is 0. The molecule has 0 bridgehead atoms. The van der Waals surface area contributed by atoms with Crippen LogP contribution in [0.2, 0.25) is 0 Å². The summed E-state index contributed by atoms with van der Waals surface area (Å²) in [5, 5.41) is 7.13. The highest BCUT2D eigenvalue weighted by Crippen LogP contribution is 1.99. The van der Waals surface area contributed by atoms with Gasteiger partial charge in [-0.05, 0) is 24.5 Å². The van der Waals surface area contributed by atoms with Gasteiger partial charge in [-0.1, -0.05) is 13.3 Å². The molecule has 0 saturated carbocycles. The molecule has 1 heterocycles. The maximum Gasteiger partial charge on any atom is 0.117 e. The largest absolute Gasteiger partial charge is 0.148 e. The molecule has 0 saturated heterocycles. The Kier molecular flexibility index (Phi) is 2.87. The minimum absolute atomic E-state index is 1.04. The highest BCUT2D eigenvalue weighted by atomic mass is 15.1. The molecule has 0 spiro atoms. The van der Waals surface area contributed by atoms with Gasteiger partial charge in [-0.3, -0.25) is 0 Å². The Morgan fingerprint density at radius 3 is 3.00 bits per heavy atom. The zero-order chi connectivity index (χ0) is 7.23. The van der Waals surface area contributed by atoms with Crippen molar-refractivity contribution in [1.82, 2.24) is 10.2 Å². The van der Waals surface area contributed by atoms with E-state index in [1.807, 2.05) is 6.07 Å². The van der Waals surface area contributed by atoms with E-state index < -0.39 is 0 Å². The van der Waals surface area contributed by atoms with Crippen molar-refractivity contribution >= 4 is 0 Å². The lowest BCUT2D eigenvalue weighted by Crippen LogP contribution is -1.87. The van der Waals surface area contributed by atoms with Gasteiger partial charge in [0.15, 0.2) is 0 Å². The smallest absolute Gasteiger partial charge is 0.117 e. The van der Waals surface area contributed by atoms with Crippen LogP contribution in [-0.2, 0) is 6.42 Å². The number of aryl methyl sites for hydroxylation is 1. The maximum atomic E-state index is 3.61. The number of aromatic nitrogens is 2. The third-order valence-electron chi connectivity index (χ3n) is 1.34. The van der Waals surface area contributed by atoms with E-state index in [0.717, 1.165) is 12.0 Å². The Hall–Kier alpha value is -0.920. The van der Waals surface area contributed by atoms with E-state index in [-0.39, 0.29) is 0 Å². The average molecular weight is 134 g/mol. The number of hydrogen-bond acceptors (Lipinski definition) is 2. The molecule has 10 heavy (non-hydrogen) atoms. The van der Waals surface area contributed by atoms with Gasteiger partial charge in [-0.2, -0.15) is 0 Å². The molecular formula is C8H10N2. The Morgan fingerprint density at radius 1 is 1.50 bits per heavy atom. The molecule has 2 nitrogen and oxygen atoms in total. The van der Waals surface area contributed by atoms with E-state index >= 15 is 0 Å². The van der Waals surface area contributed by atoms with Gasteiger partial charge in [0, 0.05) is 0 Å².